The topological polar surface area (TPSA) is 69.7 Å². The van der Waals surface area contributed by atoms with Crippen molar-refractivity contribution in [3.63, 3.8) is 0 Å². The molecule has 150 valence electrons. The maximum Gasteiger partial charge on any atom is 0.243 e. The zero-order valence-corrected chi connectivity index (χ0v) is 17.0. The first kappa shape index (κ1) is 20.3. The van der Waals surface area contributed by atoms with Gasteiger partial charge >= 0.3 is 0 Å². The molecule has 0 aromatic heterocycles. The maximum atomic E-state index is 12.8. The first-order valence-electron chi connectivity index (χ1n) is 10.1. The normalized spacial score (nSPS) is 22.9. The lowest BCUT2D eigenvalue weighted by Crippen LogP contribution is -2.39. The lowest BCUT2D eigenvalue weighted by Gasteiger charge is -2.30. The molecule has 2 saturated heterocycles. The average molecular weight is 394 g/mol. The summed E-state index contributed by atoms with van der Waals surface area (Å²) in [5.41, 5.74) is 0.640. The van der Waals surface area contributed by atoms with E-state index in [0.29, 0.717) is 36.1 Å². The second-order valence-electron chi connectivity index (χ2n) is 7.87. The zero-order valence-electron chi connectivity index (χ0n) is 16.2. The molecule has 2 heterocycles. The Morgan fingerprint density at radius 1 is 1.04 bits per heavy atom. The van der Waals surface area contributed by atoms with Gasteiger partial charge in [0.15, 0.2) is 0 Å². The third-order valence-electron chi connectivity index (χ3n) is 5.46. The van der Waals surface area contributed by atoms with Gasteiger partial charge < -0.3 is 5.32 Å². The van der Waals surface area contributed by atoms with E-state index in [1.54, 1.807) is 28.6 Å². The lowest BCUT2D eigenvalue weighted by atomic mass is 10.0. The number of hydrogen-bond donors (Lipinski definition) is 1. The highest BCUT2D eigenvalue weighted by atomic mass is 32.2. The predicted molar refractivity (Wildman–Crippen MR) is 107 cm³/mol. The van der Waals surface area contributed by atoms with Crippen LogP contribution >= 0.6 is 0 Å². The Labute approximate surface area is 163 Å². The molecule has 0 saturated carbocycles. The number of nitrogens with zero attached hydrogens (tertiary/aromatic N) is 2. The van der Waals surface area contributed by atoms with Gasteiger partial charge in [-0.05, 0) is 69.0 Å². The Kier molecular flexibility index (Phi) is 6.89. The number of carbonyl (C=O) groups excluding carboxylic acids is 1. The quantitative estimate of drug-likeness (QED) is 0.835. The molecule has 2 aliphatic heterocycles. The number of nitrogens with one attached hydrogen (secondary N) is 1. The summed E-state index contributed by atoms with van der Waals surface area (Å²) in [6, 6.07) is 6.55. The van der Waals surface area contributed by atoms with Crippen LogP contribution in [0.4, 0.5) is 5.69 Å². The van der Waals surface area contributed by atoms with Crippen molar-refractivity contribution in [1.29, 1.82) is 0 Å². The predicted octanol–water partition coefficient (Wildman–Crippen LogP) is 2.92. The largest absolute Gasteiger partial charge is 0.325 e. The molecule has 0 aliphatic carbocycles. The van der Waals surface area contributed by atoms with Gasteiger partial charge in [-0.1, -0.05) is 19.8 Å². The molecule has 0 radical (unpaired) electrons. The van der Waals surface area contributed by atoms with Gasteiger partial charge in [0, 0.05) is 18.8 Å². The Morgan fingerprint density at radius 2 is 1.70 bits per heavy atom. The van der Waals surface area contributed by atoms with Crippen molar-refractivity contribution in [2.24, 2.45) is 5.92 Å². The molecule has 0 spiro atoms. The molecule has 3 rings (SSSR count). The van der Waals surface area contributed by atoms with E-state index in [-0.39, 0.29) is 5.91 Å². The molecule has 2 aliphatic rings. The first-order valence-corrected chi connectivity index (χ1v) is 11.5. The summed E-state index contributed by atoms with van der Waals surface area (Å²) in [6.45, 7) is 5.59. The van der Waals surface area contributed by atoms with Crippen molar-refractivity contribution in [3.8, 4) is 0 Å². The fourth-order valence-electron chi connectivity index (χ4n) is 3.92. The van der Waals surface area contributed by atoms with Gasteiger partial charge in [0.1, 0.15) is 0 Å². The Bertz CT molecular complexity index is 725. The van der Waals surface area contributed by atoms with Crippen molar-refractivity contribution < 1.29 is 13.2 Å². The van der Waals surface area contributed by atoms with Crippen LogP contribution in [0.25, 0.3) is 0 Å². The summed E-state index contributed by atoms with van der Waals surface area (Å²) in [4.78, 5) is 14.8. The smallest absolute Gasteiger partial charge is 0.243 e. The fourth-order valence-corrected chi connectivity index (χ4v) is 5.52. The van der Waals surface area contributed by atoms with E-state index >= 15 is 0 Å². The molecule has 0 unspecified atom stereocenters. The highest BCUT2D eigenvalue weighted by Crippen LogP contribution is 2.24. The van der Waals surface area contributed by atoms with Crippen molar-refractivity contribution in [2.75, 3.05) is 38.0 Å². The van der Waals surface area contributed by atoms with E-state index < -0.39 is 10.0 Å². The van der Waals surface area contributed by atoms with E-state index in [4.69, 9.17) is 0 Å². The van der Waals surface area contributed by atoms with Crippen LogP contribution < -0.4 is 5.32 Å². The Balaban J connectivity index is 1.58. The monoisotopic (exact) mass is 393 g/mol. The van der Waals surface area contributed by atoms with Gasteiger partial charge in [0.05, 0.1) is 11.4 Å². The third-order valence-corrected chi connectivity index (χ3v) is 7.34. The van der Waals surface area contributed by atoms with Crippen molar-refractivity contribution in [3.05, 3.63) is 24.3 Å². The van der Waals surface area contributed by atoms with Crippen molar-refractivity contribution >= 4 is 21.6 Å². The average Bonchev–Trinajstić information content (AvgIpc) is 2.91. The second kappa shape index (κ2) is 9.17. The molecule has 1 atom stereocenters. The first-order chi connectivity index (χ1) is 12.9. The molecular weight excluding hydrogens is 362 g/mol. The number of hydrogen-bond acceptors (Lipinski definition) is 4. The standard InChI is InChI=1S/C20H31N3O3S/c1-17-7-6-14-23(15-17)27(25,26)19-10-8-18(9-11-19)21-20(24)16-22-12-4-2-3-5-13-22/h8-11,17H,2-7,12-16H2,1H3,(H,21,24)/t17-/m0/s1. The van der Waals surface area contributed by atoms with E-state index in [9.17, 15) is 13.2 Å². The second-order valence-corrected chi connectivity index (χ2v) is 9.81. The molecular formula is C20H31N3O3S. The van der Waals surface area contributed by atoms with Crippen LogP contribution in [-0.2, 0) is 14.8 Å². The number of anilines is 1. The van der Waals surface area contributed by atoms with Crippen LogP contribution in [0.5, 0.6) is 0 Å². The van der Waals surface area contributed by atoms with E-state index in [2.05, 4.69) is 17.1 Å². The number of rotatable bonds is 5. The minimum atomic E-state index is -3.45. The number of amides is 1. The molecule has 27 heavy (non-hydrogen) atoms. The van der Waals surface area contributed by atoms with Gasteiger partial charge in [-0.3, -0.25) is 9.69 Å². The van der Waals surface area contributed by atoms with Gasteiger partial charge in [-0.15, -0.1) is 0 Å². The van der Waals surface area contributed by atoms with Gasteiger partial charge in [0.25, 0.3) is 0 Å². The van der Waals surface area contributed by atoms with Crippen LogP contribution in [0.2, 0.25) is 0 Å². The van der Waals surface area contributed by atoms with Crippen LogP contribution in [-0.4, -0.2) is 56.3 Å². The molecule has 2 fully saturated rings. The lowest BCUT2D eigenvalue weighted by molar-refractivity contribution is -0.117. The fraction of sp³-hybridized carbons (Fsp3) is 0.650. The third kappa shape index (κ3) is 5.53. The van der Waals surface area contributed by atoms with Crippen molar-refractivity contribution in [1.82, 2.24) is 9.21 Å². The minimum Gasteiger partial charge on any atom is -0.325 e. The van der Waals surface area contributed by atoms with E-state index in [0.717, 1.165) is 38.8 Å². The zero-order chi connectivity index (χ0) is 19.3. The maximum absolute atomic E-state index is 12.8. The number of piperidine rings is 1. The number of sulfonamides is 1. The van der Waals surface area contributed by atoms with Gasteiger partial charge in [-0.2, -0.15) is 4.31 Å². The number of benzene rings is 1. The summed E-state index contributed by atoms with van der Waals surface area (Å²) >= 11 is 0. The molecule has 1 N–H and O–H groups in total. The van der Waals surface area contributed by atoms with Crippen LogP contribution in [0.3, 0.4) is 0 Å². The summed E-state index contributed by atoms with van der Waals surface area (Å²) < 4.78 is 27.2. The summed E-state index contributed by atoms with van der Waals surface area (Å²) in [5.74, 6) is 0.350. The molecule has 7 heteroatoms. The van der Waals surface area contributed by atoms with Crippen LogP contribution in [0.15, 0.2) is 29.2 Å². The highest BCUT2D eigenvalue weighted by Gasteiger charge is 2.28. The van der Waals surface area contributed by atoms with Gasteiger partial charge in [-0.25, -0.2) is 8.42 Å². The minimum absolute atomic E-state index is 0.0441. The summed E-state index contributed by atoms with van der Waals surface area (Å²) in [6.07, 6.45) is 6.76. The molecule has 6 nitrogen and oxygen atoms in total. The molecule has 0 bridgehead atoms. The molecule has 1 aromatic carbocycles. The number of carbonyl (C=O) groups is 1. The van der Waals surface area contributed by atoms with Gasteiger partial charge in [0.2, 0.25) is 15.9 Å². The van der Waals surface area contributed by atoms with Crippen molar-refractivity contribution in [2.45, 2.75) is 50.3 Å². The van der Waals surface area contributed by atoms with Crippen LogP contribution in [0.1, 0.15) is 45.4 Å². The molecule has 1 aromatic rings. The summed E-state index contributed by atoms with van der Waals surface area (Å²) in [5, 5.41) is 2.89. The van der Waals surface area contributed by atoms with E-state index in [1.807, 2.05) is 0 Å². The Hall–Kier alpha value is -1.44. The molecule has 1 amide bonds. The summed E-state index contributed by atoms with van der Waals surface area (Å²) in [7, 11) is -3.45. The van der Waals surface area contributed by atoms with E-state index in [1.165, 1.54) is 12.8 Å². The Morgan fingerprint density at radius 3 is 2.33 bits per heavy atom. The highest BCUT2D eigenvalue weighted by molar-refractivity contribution is 7.89. The SMILES string of the molecule is C[C@H]1CCCN(S(=O)(=O)c2ccc(NC(=O)CN3CCCCCC3)cc2)C1. The number of likely N-dealkylation sites (tertiary alicyclic amines) is 1. The van der Waals surface area contributed by atoms with Crippen LogP contribution in [0, 0.1) is 5.92 Å².